The lowest BCUT2D eigenvalue weighted by atomic mass is 10.1. The van der Waals surface area contributed by atoms with Gasteiger partial charge in [0.1, 0.15) is 0 Å². The highest BCUT2D eigenvalue weighted by molar-refractivity contribution is 5.83. The van der Waals surface area contributed by atoms with Gasteiger partial charge >= 0.3 is 0 Å². The first-order chi connectivity index (χ1) is 13.5. The molecule has 140 valence electrons. The SMILES string of the molecule is Cc1cccc(N(Cc2cc(=O)[nH]c3c(F)c(F)ccc23)c2ncccn2)c1. The van der Waals surface area contributed by atoms with Crippen LogP contribution < -0.4 is 10.5 Å². The van der Waals surface area contributed by atoms with E-state index >= 15 is 0 Å². The summed E-state index contributed by atoms with van der Waals surface area (Å²) in [7, 11) is 0. The van der Waals surface area contributed by atoms with Gasteiger partial charge in [-0.25, -0.2) is 18.7 Å². The van der Waals surface area contributed by atoms with Gasteiger partial charge in [-0.3, -0.25) is 4.79 Å². The standard InChI is InChI=1S/C21H16F2N4O/c1-13-4-2-5-15(10-13)27(21-24-8-3-9-25-21)12-14-11-18(28)26-20-16(14)6-7-17(22)19(20)23/h2-11H,12H2,1H3,(H,26,28). The van der Waals surface area contributed by atoms with E-state index in [4.69, 9.17) is 0 Å². The summed E-state index contributed by atoms with van der Waals surface area (Å²) in [6.07, 6.45) is 3.24. The molecule has 0 aliphatic carbocycles. The molecule has 4 rings (SSSR count). The van der Waals surface area contributed by atoms with Gasteiger partial charge in [-0.2, -0.15) is 0 Å². The predicted molar refractivity (Wildman–Crippen MR) is 104 cm³/mol. The van der Waals surface area contributed by atoms with Crippen LogP contribution in [0.15, 0.2) is 65.7 Å². The van der Waals surface area contributed by atoms with E-state index in [9.17, 15) is 13.6 Å². The first kappa shape index (κ1) is 17.8. The Labute approximate surface area is 159 Å². The highest BCUT2D eigenvalue weighted by atomic mass is 19.2. The van der Waals surface area contributed by atoms with E-state index in [1.165, 1.54) is 12.1 Å². The molecule has 0 spiro atoms. The molecule has 0 unspecified atom stereocenters. The summed E-state index contributed by atoms with van der Waals surface area (Å²) in [4.78, 5) is 24.9. The molecule has 0 fully saturated rings. The fourth-order valence-corrected chi connectivity index (χ4v) is 3.14. The normalized spacial score (nSPS) is 11.0. The number of hydrogen-bond acceptors (Lipinski definition) is 4. The summed E-state index contributed by atoms with van der Waals surface area (Å²) in [5.41, 5.74) is 1.74. The van der Waals surface area contributed by atoms with Crippen LogP contribution in [0.25, 0.3) is 10.9 Å². The Balaban J connectivity index is 1.88. The first-order valence-electron chi connectivity index (χ1n) is 8.64. The number of aromatic nitrogens is 3. The largest absolute Gasteiger partial charge is 0.319 e. The summed E-state index contributed by atoms with van der Waals surface area (Å²) in [6, 6.07) is 13.3. The summed E-state index contributed by atoms with van der Waals surface area (Å²) in [6.45, 7) is 2.17. The van der Waals surface area contributed by atoms with Crippen LogP contribution in [0.3, 0.4) is 0 Å². The van der Waals surface area contributed by atoms with Crippen molar-refractivity contribution in [3.63, 3.8) is 0 Å². The number of H-pyrrole nitrogens is 1. The fraction of sp³-hybridized carbons (Fsp3) is 0.0952. The molecule has 28 heavy (non-hydrogen) atoms. The third-order valence-electron chi connectivity index (χ3n) is 4.43. The summed E-state index contributed by atoms with van der Waals surface area (Å²) in [5, 5.41) is 0.423. The van der Waals surface area contributed by atoms with Crippen molar-refractivity contribution in [2.45, 2.75) is 13.5 Å². The molecule has 0 atom stereocenters. The molecule has 0 saturated carbocycles. The van der Waals surface area contributed by atoms with Gasteiger partial charge in [-0.05, 0) is 48.4 Å². The van der Waals surface area contributed by atoms with Crippen molar-refractivity contribution < 1.29 is 8.78 Å². The van der Waals surface area contributed by atoms with Crippen LogP contribution in [0.4, 0.5) is 20.4 Å². The smallest absolute Gasteiger partial charge is 0.248 e. The van der Waals surface area contributed by atoms with Gasteiger partial charge in [0, 0.05) is 29.5 Å². The first-order valence-corrected chi connectivity index (χ1v) is 8.64. The molecular formula is C21H16F2N4O. The Morgan fingerprint density at radius 1 is 1.04 bits per heavy atom. The molecule has 2 aromatic carbocycles. The minimum atomic E-state index is -1.07. The maximum Gasteiger partial charge on any atom is 0.248 e. The third kappa shape index (κ3) is 3.34. The van der Waals surface area contributed by atoms with E-state index in [-0.39, 0.29) is 12.1 Å². The van der Waals surface area contributed by atoms with Crippen LogP contribution in [0.2, 0.25) is 0 Å². The number of nitrogens with zero attached hydrogens (tertiary/aromatic N) is 3. The fourth-order valence-electron chi connectivity index (χ4n) is 3.14. The molecule has 0 amide bonds. The lowest BCUT2D eigenvalue weighted by Crippen LogP contribution is -2.21. The average molecular weight is 378 g/mol. The molecule has 2 heterocycles. The number of rotatable bonds is 4. The number of fused-ring (bicyclic) bond motifs is 1. The van der Waals surface area contributed by atoms with Crippen molar-refractivity contribution in [1.29, 1.82) is 0 Å². The molecule has 0 bridgehead atoms. The van der Waals surface area contributed by atoms with Crippen molar-refractivity contribution in [3.8, 4) is 0 Å². The molecule has 0 aliphatic heterocycles. The highest BCUT2D eigenvalue weighted by Gasteiger charge is 2.17. The Morgan fingerprint density at radius 3 is 2.57 bits per heavy atom. The van der Waals surface area contributed by atoms with Crippen LogP contribution in [-0.4, -0.2) is 15.0 Å². The van der Waals surface area contributed by atoms with Crippen molar-refractivity contribution >= 4 is 22.5 Å². The highest BCUT2D eigenvalue weighted by Crippen LogP contribution is 2.28. The average Bonchev–Trinajstić information content (AvgIpc) is 2.70. The van der Waals surface area contributed by atoms with E-state index in [0.29, 0.717) is 16.9 Å². The van der Waals surface area contributed by atoms with Gasteiger partial charge in [0.05, 0.1) is 12.1 Å². The van der Waals surface area contributed by atoms with Crippen molar-refractivity contribution in [3.05, 3.63) is 94.0 Å². The Morgan fingerprint density at radius 2 is 1.82 bits per heavy atom. The van der Waals surface area contributed by atoms with Gasteiger partial charge in [0.15, 0.2) is 11.6 Å². The van der Waals surface area contributed by atoms with Crippen LogP contribution in [0.5, 0.6) is 0 Å². The van der Waals surface area contributed by atoms with E-state index in [2.05, 4.69) is 15.0 Å². The van der Waals surface area contributed by atoms with Gasteiger partial charge in [-0.1, -0.05) is 12.1 Å². The third-order valence-corrected chi connectivity index (χ3v) is 4.43. The Bertz CT molecular complexity index is 1210. The predicted octanol–water partition coefficient (Wildman–Crippen LogP) is 4.24. The minimum Gasteiger partial charge on any atom is -0.319 e. The molecule has 0 aliphatic rings. The molecular weight excluding hydrogens is 362 g/mol. The number of pyridine rings is 1. The number of hydrogen-bond donors (Lipinski definition) is 1. The summed E-state index contributed by atoms with van der Waals surface area (Å²) in [5.74, 6) is -1.65. The Kier molecular flexibility index (Phi) is 4.57. The van der Waals surface area contributed by atoms with E-state index < -0.39 is 17.2 Å². The monoisotopic (exact) mass is 378 g/mol. The lowest BCUT2D eigenvalue weighted by molar-refractivity contribution is 0.515. The zero-order valence-corrected chi connectivity index (χ0v) is 15.0. The quantitative estimate of drug-likeness (QED) is 0.577. The maximum atomic E-state index is 14.2. The van der Waals surface area contributed by atoms with Crippen LogP contribution >= 0.6 is 0 Å². The number of anilines is 2. The molecule has 0 radical (unpaired) electrons. The van der Waals surface area contributed by atoms with Gasteiger partial charge in [0.2, 0.25) is 11.5 Å². The second-order valence-corrected chi connectivity index (χ2v) is 6.42. The molecule has 4 aromatic rings. The molecule has 2 aromatic heterocycles. The lowest BCUT2D eigenvalue weighted by Gasteiger charge is -2.23. The second-order valence-electron chi connectivity index (χ2n) is 6.42. The molecule has 5 nitrogen and oxygen atoms in total. The maximum absolute atomic E-state index is 14.2. The van der Waals surface area contributed by atoms with Gasteiger partial charge in [-0.15, -0.1) is 0 Å². The topological polar surface area (TPSA) is 61.9 Å². The van der Waals surface area contributed by atoms with Crippen molar-refractivity contribution in [1.82, 2.24) is 15.0 Å². The Hall–Kier alpha value is -3.61. The van der Waals surface area contributed by atoms with Crippen LogP contribution in [0.1, 0.15) is 11.1 Å². The van der Waals surface area contributed by atoms with Crippen LogP contribution in [0, 0.1) is 18.6 Å². The number of aryl methyl sites for hydroxylation is 1. The zero-order chi connectivity index (χ0) is 19.7. The number of nitrogens with one attached hydrogen (secondary N) is 1. The van der Waals surface area contributed by atoms with Crippen molar-refractivity contribution in [2.75, 3.05) is 4.90 Å². The van der Waals surface area contributed by atoms with E-state index in [1.54, 1.807) is 18.5 Å². The molecule has 7 heteroatoms. The van der Waals surface area contributed by atoms with Crippen molar-refractivity contribution in [2.24, 2.45) is 0 Å². The zero-order valence-electron chi connectivity index (χ0n) is 15.0. The number of benzene rings is 2. The summed E-state index contributed by atoms with van der Waals surface area (Å²) >= 11 is 0. The molecule has 1 N–H and O–H groups in total. The summed E-state index contributed by atoms with van der Waals surface area (Å²) < 4.78 is 27.8. The van der Waals surface area contributed by atoms with E-state index in [0.717, 1.165) is 17.3 Å². The van der Waals surface area contributed by atoms with Crippen LogP contribution in [-0.2, 0) is 6.54 Å². The van der Waals surface area contributed by atoms with Gasteiger partial charge < -0.3 is 9.88 Å². The number of halogens is 2. The number of aromatic amines is 1. The second kappa shape index (κ2) is 7.19. The molecule has 0 saturated heterocycles. The van der Waals surface area contributed by atoms with Gasteiger partial charge in [0.25, 0.3) is 0 Å². The van der Waals surface area contributed by atoms with E-state index in [1.807, 2.05) is 36.1 Å². The minimum absolute atomic E-state index is 0.152.